The molecule has 1 N–H and O–H groups in total. The largest absolute Gasteiger partial charge is 0.352 e. The van der Waals surface area contributed by atoms with Crippen molar-refractivity contribution in [2.24, 2.45) is 4.99 Å². The smallest absolute Gasteiger partial charge is 0.222 e. The van der Waals surface area contributed by atoms with E-state index >= 15 is 0 Å². The van der Waals surface area contributed by atoms with Crippen LogP contribution in [0.5, 0.6) is 0 Å². The highest BCUT2D eigenvalue weighted by Crippen LogP contribution is 2.28. The van der Waals surface area contributed by atoms with Gasteiger partial charge in [0.2, 0.25) is 5.91 Å². The predicted octanol–water partition coefficient (Wildman–Crippen LogP) is 4.47. The van der Waals surface area contributed by atoms with Crippen molar-refractivity contribution in [2.45, 2.75) is 63.6 Å². The van der Waals surface area contributed by atoms with E-state index in [1.165, 1.54) is 38.5 Å². The fourth-order valence-electron chi connectivity index (χ4n) is 3.50. The van der Waals surface area contributed by atoms with Crippen LogP contribution < -0.4 is 5.32 Å². The van der Waals surface area contributed by atoms with E-state index in [-0.39, 0.29) is 11.9 Å². The number of nitrogens with zero attached hydrogens (tertiary/aromatic N) is 2. The van der Waals surface area contributed by atoms with Gasteiger partial charge in [0.05, 0.1) is 6.04 Å². The van der Waals surface area contributed by atoms with Crippen molar-refractivity contribution in [1.29, 1.82) is 0 Å². The quantitative estimate of drug-likeness (QED) is 0.750. The lowest BCUT2D eigenvalue weighted by Gasteiger charge is -2.21. The second kappa shape index (κ2) is 9.65. The maximum atomic E-state index is 12.3. The molecule has 0 bridgehead atoms. The van der Waals surface area contributed by atoms with Gasteiger partial charge < -0.3 is 10.2 Å². The molecule has 6 heteroatoms. The van der Waals surface area contributed by atoms with Crippen molar-refractivity contribution < 1.29 is 4.79 Å². The van der Waals surface area contributed by atoms with E-state index in [2.05, 4.69) is 17.3 Å². The number of carbonyl (C=O) groups is 1. The number of hydrogen-bond acceptors (Lipinski definition) is 3. The zero-order chi connectivity index (χ0) is 18.4. The lowest BCUT2D eigenvalue weighted by atomic mass is 10.1. The Labute approximate surface area is 165 Å². The third-order valence-corrected chi connectivity index (χ3v) is 6.65. The zero-order valence-corrected chi connectivity index (χ0v) is 17.0. The number of amidine groups is 1. The first-order chi connectivity index (χ1) is 12.6. The molecule has 1 aromatic carbocycles. The van der Waals surface area contributed by atoms with Crippen LogP contribution in [0.2, 0.25) is 5.02 Å². The summed E-state index contributed by atoms with van der Waals surface area (Å²) in [6.45, 7) is 0.544. The molecule has 4 nitrogen and oxygen atoms in total. The minimum absolute atomic E-state index is 0.0908. The summed E-state index contributed by atoms with van der Waals surface area (Å²) in [5, 5.41) is 4.84. The highest BCUT2D eigenvalue weighted by atomic mass is 35.5. The van der Waals surface area contributed by atoms with Gasteiger partial charge >= 0.3 is 0 Å². The minimum Gasteiger partial charge on any atom is -0.352 e. The van der Waals surface area contributed by atoms with Gasteiger partial charge in [-0.2, -0.15) is 0 Å². The molecule has 0 spiro atoms. The Hall–Kier alpha value is -1.20. The van der Waals surface area contributed by atoms with Gasteiger partial charge in [-0.05, 0) is 30.5 Å². The number of hydrogen-bond donors (Lipinski definition) is 1. The molecular weight excluding hydrogens is 366 g/mol. The van der Waals surface area contributed by atoms with E-state index in [9.17, 15) is 4.79 Å². The van der Waals surface area contributed by atoms with Crippen molar-refractivity contribution in [3.05, 3.63) is 34.9 Å². The van der Waals surface area contributed by atoms with Crippen LogP contribution in [-0.2, 0) is 11.3 Å². The standard InChI is InChI=1S/C20H28ClN3OS/c1-24-18(12-19(25)22-13-15-8-10-16(21)11-9-15)14-26-20(24)23-17-6-4-2-3-5-7-17/h8-11,17-18H,2-7,12-14H2,1H3,(H,22,25). The normalized spacial score (nSPS) is 23.2. The molecule has 1 saturated carbocycles. The summed E-state index contributed by atoms with van der Waals surface area (Å²) in [4.78, 5) is 19.5. The minimum atomic E-state index is 0.0908. The summed E-state index contributed by atoms with van der Waals surface area (Å²) >= 11 is 7.69. The third-order valence-electron chi connectivity index (χ3n) is 5.20. The van der Waals surface area contributed by atoms with Crippen LogP contribution in [-0.4, -0.2) is 40.9 Å². The van der Waals surface area contributed by atoms with Crippen molar-refractivity contribution in [2.75, 3.05) is 12.8 Å². The molecule has 0 aromatic heterocycles. The molecule has 1 aliphatic carbocycles. The van der Waals surface area contributed by atoms with E-state index in [1.807, 2.05) is 24.3 Å². The molecule has 0 radical (unpaired) electrons. The predicted molar refractivity (Wildman–Crippen MR) is 111 cm³/mol. The Kier molecular flexibility index (Phi) is 7.26. The molecule has 1 unspecified atom stereocenters. The fourth-order valence-corrected chi connectivity index (χ4v) is 4.88. The van der Waals surface area contributed by atoms with E-state index in [4.69, 9.17) is 16.6 Å². The second-order valence-corrected chi connectivity index (χ2v) is 8.66. The molecule has 26 heavy (non-hydrogen) atoms. The van der Waals surface area contributed by atoms with Crippen LogP contribution in [0.3, 0.4) is 0 Å². The molecule has 1 aliphatic heterocycles. The van der Waals surface area contributed by atoms with E-state index in [0.29, 0.717) is 24.0 Å². The first-order valence-electron chi connectivity index (χ1n) is 9.56. The Morgan fingerprint density at radius 3 is 2.62 bits per heavy atom. The van der Waals surface area contributed by atoms with E-state index in [1.54, 1.807) is 11.8 Å². The molecule has 1 saturated heterocycles. The van der Waals surface area contributed by atoms with Crippen LogP contribution in [0.4, 0.5) is 0 Å². The summed E-state index contributed by atoms with van der Waals surface area (Å²) in [5.74, 6) is 1.03. The van der Waals surface area contributed by atoms with Crippen LogP contribution in [0.25, 0.3) is 0 Å². The molecule has 1 amide bonds. The number of rotatable bonds is 5. The Balaban J connectivity index is 1.47. The summed E-state index contributed by atoms with van der Waals surface area (Å²) in [5.41, 5.74) is 1.06. The highest BCUT2D eigenvalue weighted by Gasteiger charge is 2.29. The Morgan fingerprint density at radius 1 is 1.23 bits per heavy atom. The maximum Gasteiger partial charge on any atom is 0.222 e. The summed E-state index contributed by atoms with van der Waals surface area (Å²) in [7, 11) is 2.08. The van der Waals surface area contributed by atoms with Gasteiger partial charge in [-0.15, -0.1) is 0 Å². The van der Waals surface area contributed by atoms with Crippen molar-refractivity contribution in [3.8, 4) is 0 Å². The van der Waals surface area contributed by atoms with Gasteiger partial charge in [-0.3, -0.25) is 9.79 Å². The van der Waals surface area contributed by atoms with Crippen molar-refractivity contribution >= 4 is 34.4 Å². The van der Waals surface area contributed by atoms with Gasteiger partial charge in [0.25, 0.3) is 0 Å². The Bertz CT molecular complexity index is 626. The van der Waals surface area contributed by atoms with Crippen molar-refractivity contribution in [3.63, 3.8) is 0 Å². The van der Waals surface area contributed by atoms with Crippen molar-refractivity contribution in [1.82, 2.24) is 10.2 Å². The van der Waals surface area contributed by atoms with E-state index < -0.39 is 0 Å². The first kappa shape index (κ1) is 19.6. The Morgan fingerprint density at radius 2 is 1.92 bits per heavy atom. The first-order valence-corrected chi connectivity index (χ1v) is 10.9. The average molecular weight is 394 g/mol. The average Bonchev–Trinajstić information content (AvgIpc) is 2.84. The van der Waals surface area contributed by atoms with Crippen LogP contribution in [0.15, 0.2) is 29.3 Å². The van der Waals surface area contributed by atoms with Gasteiger partial charge in [0.15, 0.2) is 5.17 Å². The maximum absolute atomic E-state index is 12.3. The SMILES string of the molecule is CN1C(=NC2CCCCCC2)SCC1CC(=O)NCc1ccc(Cl)cc1. The third kappa shape index (κ3) is 5.65. The second-order valence-electron chi connectivity index (χ2n) is 7.24. The number of carbonyl (C=O) groups excluding carboxylic acids is 1. The zero-order valence-electron chi connectivity index (χ0n) is 15.4. The molecular formula is C20H28ClN3OS. The molecule has 1 atom stereocenters. The summed E-state index contributed by atoms with van der Waals surface area (Å²) in [6, 6.07) is 8.28. The van der Waals surface area contributed by atoms with Gasteiger partial charge in [0.1, 0.15) is 0 Å². The number of benzene rings is 1. The topological polar surface area (TPSA) is 44.7 Å². The van der Waals surface area contributed by atoms with Crippen LogP contribution >= 0.6 is 23.4 Å². The molecule has 2 aliphatic rings. The molecule has 1 heterocycles. The number of aliphatic imine (C=N–C) groups is 1. The highest BCUT2D eigenvalue weighted by molar-refractivity contribution is 8.14. The fraction of sp³-hybridized carbons (Fsp3) is 0.600. The number of thioether (sulfide) groups is 1. The molecule has 142 valence electrons. The van der Waals surface area contributed by atoms with Crippen LogP contribution in [0, 0.1) is 0 Å². The lowest BCUT2D eigenvalue weighted by Crippen LogP contribution is -2.36. The monoisotopic (exact) mass is 393 g/mol. The van der Waals surface area contributed by atoms with Gasteiger partial charge in [-0.1, -0.05) is 61.2 Å². The van der Waals surface area contributed by atoms with Gasteiger partial charge in [-0.25, -0.2) is 0 Å². The number of halogens is 1. The number of amides is 1. The lowest BCUT2D eigenvalue weighted by molar-refractivity contribution is -0.121. The van der Waals surface area contributed by atoms with Crippen LogP contribution in [0.1, 0.15) is 50.5 Å². The summed E-state index contributed by atoms with van der Waals surface area (Å²) in [6.07, 6.45) is 8.23. The van der Waals surface area contributed by atoms with Gasteiger partial charge in [0, 0.05) is 36.8 Å². The molecule has 2 fully saturated rings. The molecule has 3 rings (SSSR count). The summed E-state index contributed by atoms with van der Waals surface area (Å²) < 4.78 is 0. The molecule has 1 aromatic rings. The number of nitrogens with one attached hydrogen (secondary N) is 1. The van der Waals surface area contributed by atoms with E-state index in [0.717, 1.165) is 16.5 Å².